The minimum absolute atomic E-state index is 0.0130. The zero-order chi connectivity index (χ0) is 33.9. The van der Waals surface area contributed by atoms with Crippen molar-refractivity contribution in [3.05, 3.63) is 77.0 Å². The summed E-state index contributed by atoms with van der Waals surface area (Å²) in [6.45, 7) is 8.85. The molecule has 0 aliphatic carbocycles. The Morgan fingerprint density at radius 3 is 2.70 bits per heavy atom. The molecule has 47 heavy (non-hydrogen) atoms. The molecule has 5 rings (SSSR count). The minimum Gasteiger partial charge on any atom is -0.460 e. The molecule has 0 fully saturated rings. The number of hydrogen-bond donors (Lipinski definition) is 3. The van der Waals surface area contributed by atoms with Crippen molar-refractivity contribution in [2.75, 3.05) is 16.0 Å². The number of ether oxygens (including phenoxy) is 1. The van der Waals surface area contributed by atoms with Crippen molar-refractivity contribution in [2.24, 2.45) is 5.92 Å². The first-order valence-corrected chi connectivity index (χ1v) is 15.7. The van der Waals surface area contributed by atoms with Gasteiger partial charge in [-0.05, 0) is 82.5 Å². The van der Waals surface area contributed by atoms with Crippen LogP contribution >= 0.6 is 11.6 Å². The predicted octanol–water partition coefficient (Wildman–Crippen LogP) is 7.01. The van der Waals surface area contributed by atoms with Gasteiger partial charge in [0.2, 0.25) is 11.8 Å². The lowest BCUT2D eigenvalue weighted by Crippen LogP contribution is -2.27. The fraction of sp³-hybridized carbons (Fsp3) is 0.353. The summed E-state index contributed by atoms with van der Waals surface area (Å²) in [4.78, 5) is 42.7. The minimum atomic E-state index is -0.707. The first-order valence-electron chi connectivity index (χ1n) is 15.3. The third-order valence-electron chi connectivity index (χ3n) is 7.68. The Labute approximate surface area is 277 Å². The van der Waals surface area contributed by atoms with Crippen molar-refractivity contribution in [1.29, 1.82) is 0 Å². The highest BCUT2D eigenvalue weighted by molar-refractivity contribution is 6.30. The first-order chi connectivity index (χ1) is 22.3. The zero-order valence-corrected chi connectivity index (χ0v) is 27.6. The maximum atomic E-state index is 14.8. The Kier molecular flexibility index (Phi) is 9.90. The molecule has 3 N–H and O–H groups in total. The fourth-order valence-electron chi connectivity index (χ4n) is 5.32. The third-order valence-corrected chi connectivity index (χ3v) is 7.97. The summed E-state index contributed by atoms with van der Waals surface area (Å²) in [5.41, 5.74) is 3.24. The van der Waals surface area contributed by atoms with Crippen LogP contribution in [0, 0.1) is 18.7 Å². The summed E-state index contributed by atoms with van der Waals surface area (Å²) in [5.74, 6) is -1.77. The van der Waals surface area contributed by atoms with Crippen molar-refractivity contribution in [2.45, 2.75) is 71.9 Å². The molecule has 4 aromatic rings. The second-order valence-electron chi connectivity index (χ2n) is 12.6. The third kappa shape index (κ3) is 8.12. The number of carbonyl (C=O) groups excluding carboxylic acids is 3. The van der Waals surface area contributed by atoms with E-state index in [4.69, 9.17) is 16.3 Å². The van der Waals surface area contributed by atoms with E-state index in [-0.39, 0.29) is 28.6 Å². The van der Waals surface area contributed by atoms with Gasteiger partial charge >= 0.3 is 5.97 Å². The molecule has 0 spiro atoms. The van der Waals surface area contributed by atoms with Crippen LogP contribution in [0.4, 0.5) is 21.6 Å². The van der Waals surface area contributed by atoms with Gasteiger partial charge in [0.15, 0.2) is 11.6 Å². The molecule has 0 unspecified atom stereocenters. The zero-order valence-electron chi connectivity index (χ0n) is 26.9. The van der Waals surface area contributed by atoms with E-state index in [0.717, 1.165) is 16.8 Å². The van der Waals surface area contributed by atoms with E-state index in [0.29, 0.717) is 42.1 Å². The van der Waals surface area contributed by atoms with Gasteiger partial charge in [0.1, 0.15) is 17.7 Å². The van der Waals surface area contributed by atoms with Gasteiger partial charge in [0, 0.05) is 23.4 Å². The molecule has 1 aliphatic rings. The van der Waals surface area contributed by atoms with E-state index in [2.05, 4.69) is 31.2 Å². The Balaban J connectivity index is 1.44. The predicted molar refractivity (Wildman–Crippen MR) is 178 cm³/mol. The number of esters is 1. The van der Waals surface area contributed by atoms with Crippen LogP contribution in [-0.2, 0) is 19.1 Å². The number of aromatic nitrogens is 4. The van der Waals surface area contributed by atoms with Crippen LogP contribution in [0.3, 0.4) is 0 Å². The van der Waals surface area contributed by atoms with Crippen molar-refractivity contribution in [3.8, 4) is 16.8 Å². The number of anilines is 3. The van der Waals surface area contributed by atoms with E-state index in [1.807, 2.05) is 19.1 Å². The number of carbonyl (C=O) groups is 3. The number of fused-ring (bicyclic) bond motifs is 4. The molecule has 0 radical (unpaired) electrons. The Morgan fingerprint density at radius 1 is 1.15 bits per heavy atom. The van der Waals surface area contributed by atoms with Crippen molar-refractivity contribution >= 4 is 46.6 Å². The van der Waals surface area contributed by atoms with Crippen molar-refractivity contribution in [3.63, 3.8) is 0 Å². The fourth-order valence-corrected chi connectivity index (χ4v) is 5.49. The summed E-state index contributed by atoms with van der Waals surface area (Å²) in [5, 5.41) is 17.7. The molecule has 246 valence electrons. The second-order valence-corrected chi connectivity index (χ2v) is 13.0. The smallest absolute Gasteiger partial charge is 0.315 e. The van der Waals surface area contributed by atoms with Gasteiger partial charge in [0.25, 0.3) is 0 Å². The Hall–Kier alpha value is -4.84. The molecule has 2 bridgehead atoms. The van der Waals surface area contributed by atoms with Gasteiger partial charge < -0.3 is 20.7 Å². The summed E-state index contributed by atoms with van der Waals surface area (Å²) < 4.78 is 21.4. The number of pyridine rings is 1. The van der Waals surface area contributed by atoms with Crippen LogP contribution in [0.5, 0.6) is 0 Å². The molecule has 1 aliphatic heterocycles. The van der Waals surface area contributed by atoms with Crippen LogP contribution in [0.2, 0.25) is 5.02 Å². The number of rotatable bonds is 6. The molecular formula is C34H37ClFN7O4. The average molecular weight is 662 g/mol. The summed E-state index contributed by atoms with van der Waals surface area (Å²) in [6, 6.07) is 13.3. The van der Waals surface area contributed by atoms with Gasteiger partial charge in [-0.2, -0.15) is 0 Å². The number of nitrogens with zero attached hydrogens (tertiary/aromatic N) is 4. The topological polar surface area (TPSA) is 140 Å². The maximum Gasteiger partial charge on any atom is 0.315 e. The van der Waals surface area contributed by atoms with E-state index in [1.165, 1.54) is 10.7 Å². The highest BCUT2D eigenvalue weighted by Gasteiger charge is 2.24. The standard InChI is InChI=1S/C34H37ClFN7O4/c1-19-8-6-10-25(39-32-20(2)43(42-41-32)28-11-7-9-24(35)31(28)36)27-16-21(14-15-37-27)23-13-12-22(17-26(23)40-33(19)46)38-29(44)18-30(45)47-34(3,4)5/h7,9,11-17,19,25,39H,6,8,10,18H2,1-5H3,(H,38,44)(H,40,46)/t19-,25+/m1/s1. The number of amides is 2. The number of nitrogens with one attached hydrogen (secondary N) is 3. The van der Waals surface area contributed by atoms with E-state index >= 15 is 0 Å². The molecule has 11 nitrogen and oxygen atoms in total. The van der Waals surface area contributed by atoms with E-state index in [1.54, 1.807) is 64.2 Å². The van der Waals surface area contributed by atoms with Crippen LogP contribution in [0.25, 0.3) is 16.8 Å². The van der Waals surface area contributed by atoms with Gasteiger partial charge in [-0.1, -0.05) is 42.3 Å². The molecular weight excluding hydrogens is 625 g/mol. The van der Waals surface area contributed by atoms with E-state index in [9.17, 15) is 18.8 Å². The summed E-state index contributed by atoms with van der Waals surface area (Å²) in [7, 11) is 0. The largest absolute Gasteiger partial charge is 0.460 e. The Morgan fingerprint density at radius 2 is 1.94 bits per heavy atom. The normalized spacial score (nSPS) is 16.6. The van der Waals surface area contributed by atoms with Gasteiger partial charge in [0.05, 0.1) is 28.1 Å². The highest BCUT2D eigenvalue weighted by atomic mass is 35.5. The van der Waals surface area contributed by atoms with E-state index < -0.39 is 29.7 Å². The number of hydrogen-bond acceptors (Lipinski definition) is 8. The SMILES string of the molecule is Cc1c(N[C@H]2CCC[C@@H](C)C(=O)Nc3cc(NC(=O)CC(=O)OC(C)(C)C)ccc3-c3ccnc2c3)nnn1-c1cccc(Cl)c1F. The molecule has 0 saturated carbocycles. The summed E-state index contributed by atoms with van der Waals surface area (Å²) in [6.07, 6.45) is 3.19. The van der Waals surface area contributed by atoms with Crippen LogP contribution in [-0.4, -0.2) is 43.4 Å². The Bertz CT molecular complexity index is 1820. The number of halogens is 2. The van der Waals surface area contributed by atoms with Crippen LogP contribution < -0.4 is 16.0 Å². The number of benzene rings is 2. The summed E-state index contributed by atoms with van der Waals surface area (Å²) >= 11 is 6.01. The molecule has 0 saturated heterocycles. The molecule has 2 amide bonds. The van der Waals surface area contributed by atoms with Gasteiger partial charge in [-0.25, -0.2) is 9.07 Å². The molecule has 2 aromatic carbocycles. The molecule has 3 heterocycles. The van der Waals surface area contributed by atoms with Gasteiger partial charge in [-0.15, -0.1) is 5.10 Å². The monoisotopic (exact) mass is 661 g/mol. The lowest BCUT2D eigenvalue weighted by atomic mass is 9.95. The maximum absolute atomic E-state index is 14.8. The van der Waals surface area contributed by atoms with Crippen molar-refractivity contribution in [1.82, 2.24) is 20.0 Å². The molecule has 2 atom stereocenters. The second kappa shape index (κ2) is 13.9. The lowest BCUT2D eigenvalue weighted by Gasteiger charge is -2.22. The molecule has 13 heteroatoms. The van der Waals surface area contributed by atoms with Crippen molar-refractivity contribution < 1.29 is 23.5 Å². The van der Waals surface area contributed by atoms with Gasteiger partial charge in [-0.3, -0.25) is 19.4 Å². The first kappa shape index (κ1) is 33.5. The lowest BCUT2D eigenvalue weighted by molar-refractivity contribution is -0.155. The average Bonchev–Trinajstić information content (AvgIpc) is 3.35. The molecule has 2 aromatic heterocycles. The highest BCUT2D eigenvalue weighted by Crippen LogP contribution is 2.35. The quantitative estimate of drug-likeness (QED) is 0.148. The van der Waals surface area contributed by atoms with Crippen LogP contribution in [0.1, 0.15) is 70.8 Å². The van der Waals surface area contributed by atoms with Crippen LogP contribution in [0.15, 0.2) is 54.7 Å².